The quantitative estimate of drug-likeness (QED) is 0.526. The lowest BCUT2D eigenvalue weighted by Crippen LogP contribution is -2.20. The number of aromatic nitrogens is 3. The highest BCUT2D eigenvalue weighted by Crippen LogP contribution is 2.35. The molecule has 0 aliphatic carbocycles. The maximum atomic E-state index is 11.1. The molecule has 0 saturated carbocycles. The summed E-state index contributed by atoms with van der Waals surface area (Å²) in [6, 6.07) is 11.3. The fourth-order valence-corrected chi connectivity index (χ4v) is 3.37. The summed E-state index contributed by atoms with van der Waals surface area (Å²) in [6.45, 7) is 0. The lowest BCUT2D eigenvalue weighted by atomic mass is 10.0. The van der Waals surface area contributed by atoms with Gasteiger partial charge in [0.1, 0.15) is 12.4 Å². The number of nitro benzene ring substituents is 1. The summed E-state index contributed by atoms with van der Waals surface area (Å²) in [6.07, 6.45) is 3.32. The van der Waals surface area contributed by atoms with Gasteiger partial charge in [0.15, 0.2) is 0 Å². The van der Waals surface area contributed by atoms with Gasteiger partial charge in [-0.15, -0.1) is 0 Å². The summed E-state index contributed by atoms with van der Waals surface area (Å²) in [7, 11) is 0. The number of hydrogen-bond acceptors (Lipinski definition) is 5. The van der Waals surface area contributed by atoms with E-state index in [1.165, 1.54) is 18.5 Å². The predicted octanol–water partition coefficient (Wildman–Crippen LogP) is 4.55. The van der Waals surface area contributed by atoms with E-state index in [0.29, 0.717) is 16.0 Å². The van der Waals surface area contributed by atoms with E-state index in [9.17, 15) is 10.1 Å². The van der Waals surface area contributed by atoms with Gasteiger partial charge in [-0.1, -0.05) is 35.3 Å². The van der Waals surface area contributed by atoms with E-state index in [-0.39, 0.29) is 11.7 Å². The van der Waals surface area contributed by atoms with E-state index in [0.717, 1.165) is 16.8 Å². The van der Waals surface area contributed by atoms with Crippen molar-refractivity contribution >= 4 is 40.5 Å². The van der Waals surface area contributed by atoms with Crippen molar-refractivity contribution in [3.8, 4) is 0 Å². The molecule has 2 heterocycles. The molecule has 3 aromatic rings. The van der Waals surface area contributed by atoms with Crippen LogP contribution in [-0.4, -0.2) is 19.7 Å². The first-order valence-corrected chi connectivity index (χ1v) is 8.36. The second-order valence-electron chi connectivity index (χ2n) is 5.65. The molecule has 7 nitrogen and oxygen atoms in total. The zero-order chi connectivity index (χ0) is 18.3. The molecule has 0 saturated heterocycles. The van der Waals surface area contributed by atoms with Gasteiger partial charge in [0.05, 0.1) is 9.95 Å². The first kappa shape index (κ1) is 16.6. The number of nitrogens with zero attached hydrogens (tertiary/aromatic N) is 4. The zero-order valence-electron chi connectivity index (χ0n) is 13.1. The third-order valence-corrected chi connectivity index (χ3v) is 4.60. The fourth-order valence-electron chi connectivity index (χ4n) is 2.86. The minimum absolute atomic E-state index is 0.0159. The highest BCUT2D eigenvalue weighted by atomic mass is 35.5. The average Bonchev–Trinajstić information content (AvgIpc) is 3.09. The van der Waals surface area contributed by atoms with Crippen molar-refractivity contribution in [2.75, 3.05) is 5.32 Å². The summed E-state index contributed by atoms with van der Waals surface area (Å²) in [5, 5.41) is 19.5. The molecule has 0 radical (unpaired) electrons. The van der Waals surface area contributed by atoms with Crippen molar-refractivity contribution in [2.45, 2.75) is 6.04 Å². The number of fused-ring (bicyclic) bond motifs is 1. The van der Waals surface area contributed by atoms with Crippen molar-refractivity contribution in [3.05, 3.63) is 86.2 Å². The average molecular weight is 388 g/mol. The molecule has 1 aliphatic heterocycles. The first-order valence-electron chi connectivity index (χ1n) is 7.61. The Morgan fingerprint density at radius 3 is 2.81 bits per heavy atom. The number of non-ortho nitro benzene ring substituents is 1. The van der Waals surface area contributed by atoms with Crippen LogP contribution >= 0.6 is 23.2 Å². The van der Waals surface area contributed by atoms with Crippen LogP contribution in [0.2, 0.25) is 10.0 Å². The third kappa shape index (κ3) is 2.91. The Morgan fingerprint density at radius 1 is 1.19 bits per heavy atom. The number of nitrogens with one attached hydrogen (secondary N) is 1. The van der Waals surface area contributed by atoms with Crippen molar-refractivity contribution in [2.24, 2.45) is 0 Å². The van der Waals surface area contributed by atoms with Crippen molar-refractivity contribution in [1.82, 2.24) is 14.8 Å². The number of benzene rings is 2. The molecule has 0 spiro atoms. The second kappa shape index (κ2) is 6.44. The van der Waals surface area contributed by atoms with Crippen LogP contribution in [0, 0.1) is 10.1 Å². The Bertz CT molecular complexity index is 1050. The molecule has 26 heavy (non-hydrogen) atoms. The second-order valence-corrected chi connectivity index (χ2v) is 6.50. The highest BCUT2D eigenvalue weighted by molar-refractivity contribution is 6.35. The fraction of sp³-hybridized carbons (Fsp3) is 0.0588. The van der Waals surface area contributed by atoms with Gasteiger partial charge in [0.25, 0.3) is 5.69 Å². The van der Waals surface area contributed by atoms with E-state index in [4.69, 9.17) is 23.2 Å². The van der Waals surface area contributed by atoms with E-state index < -0.39 is 4.92 Å². The minimum atomic E-state index is -0.423. The van der Waals surface area contributed by atoms with Gasteiger partial charge in [-0.3, -0.25) is 10.1 Å². The number of anilines is 1. The molecular weight excluding hydrogens is 377 g/mol. The van der Waals surface area contributed by atoms with Gasteiger partial charge in [0, 0.05) is 28.4 Å². The first-order chi connectivity index (χ1) is 12.5. The van der Waals surface area contributed by atoms with Crippen LogP contribution in [0.4, 0.5) is 11.6 Å². The normalized spacial score (nSPS) is 15.8. The maximum absolute atomic E-state index is 11.1. The molecule has 1 N–H and O–H groups in total. The summed E-state index contributed by atoms with van der Waals surface area (Å²) in [4.78, 5) is 14.9. The van der Waals surface area contributed by atoms with Crippen LogP contribution in [-0.2, 0) is 0 Å². The molecule has 0 fully saturated rings. The third-order valence-electron chi connectivity index (χ3n) is 4.05. The maximum Gasteiger partial charge on any atom is 0.269 e. The number of rotatable bonds is 3. The topological polar surface area (TPSA) is 85.9 Å². The molecule has 0 unspecified atom stereocenters. The summed E-state index contributed by atoms with van der Waals surface area (Å²) < 4.78 is 1.66. The number of allylic oxidation sites excluding steroid dienone is 1. The lowest BCUT2D eigenvalue weighted by Gasteiger charge is -2.24. The smallest absolute Gasteiger partial charge is 0.269 e. The van der Waals surface area contributed by atoms with Crippen LogP contribution in [0.3, 0.4) is 0 Å². The van der Waals surface area contributed by atoms with Crippen LogP contribution < -0.4 is 5.32 Å². The SMILES string of the molecule is O=[N+]([O-])c1cccc([C@H]2C=C(c3ccc(Cl)cc3Cl)Nc3ncnn32)c1. The standard InChI is InChI=1S/C17H11Cl2N5O2/c18-11-4-5-13(14(19)7-11)15-8-16(23-17(22-15)20-9-21-23)10-2-1-3-12(6-10)24(25)26/h1-9,16H,(H,20,21,22)/t16-/m1/s1. The molecule has 1 atom stereocenters. The minimum Gasteiger partial charge on any atom is -0.324 e. The molecule has 4 rings (SSSR count). The van der Waals surface area contributed by atoms with Gasteiger partial charge >= 0.3 is 0 Å². The predicted molar refractivity (Wildman–Crippen MR) is 99.3 cm³/mol. The Balaban J connectivity index is 1.84. The van der Waals surface area contributed by atoms with Gasteiger partial charge in [-0.25, -0.2) is 4.68 Å². The van der Waals surface area contributed by atoms with Crippen molar-refractivity contribution in [1.29, 1.82) is 0 Å². The van der Waals surface area contributed by atoms with E-state index in [1.54, 1.807) is 28.9 Å². The molecule has 0 amide bonds. The van der Waals surface area contributed by atoms with Crippen LogP contribution in [0.1, 0.15) is 17.2 Å². The summed E-state index contributed by atoms with van der Waals surface area (Å²) in [5.74, 6) is 0.519. The number of nitro groups is 1. The molecular formula is C17H11Cl2N5O2. The van der Waals surface area contributed by atoms with Crippen LogP contribution in [0.5, 0.6) is 0 Å². The highest BCUT2D eigenvalue weighted by Gasteiger charge is 2.25. The Hall–Kier alpha value is -2.90. The lowest BCUT2D eigenvalue weighted by molar-refractivity contribution is -0.384. The molecule has 2 aromatic carbocycles. The molecule has 1 aromatic heterocycles. The Kier molecular flexibility index (Phi) is 4.10. The molecule has 9 heteroatoms. The number of halogens is 2. The van der Waals surface area contributed by atoms with Gasteiger partial charge < -0.3 is 5.32 Å². The zero-order valence-corrected chi connectivity index (χ0v) is 14.6. The van der Waals surface area contributed by atoms with Crippen molar-refractivity contribution < 1.29 is 4.92 Å². The van der Waals surface area contributed by atoms with Gasteiger partial charge in [-0.2, -0.15) is 10.1 Å². The monoisotopic (exact) mass is 387 g/mol. The number of hydrogen-bond donors (Lipinski definition) is 1. The van der Waals surface area contributed by atoms with E-state index in [2.05, 4.69) is 15.4 Å². The van der Waals surface area contributed by atoms with E-state index in [1.807, 2.05) is 12.1 Å². The molecule has 1 aliphatic rings. The summed E-state index contributed by atoms with van der Waals surface area (Å²) in [5.41, 5.74) is 2.21. The molecule has 0 bridgehead atoms. The van der Waals surface area contributed by atoms with Crippen molar-refractivity contribution in [3.63, 3.8) is 0 Å². The Labute approximate surface area is 158 Å². The van der Waals surface area contributed by atoms with E-state index >= 15 is 0 Å². The van der Waals surface area contributed by atoms with Gasteiger partial charge in [-0.05, 0) is 29.8 Å². The van der Waals surface area contributed by atoms with Crippen LogP contribution in [0.15, 0.2) is 54.9 Å². The largest absolute Gasteiger partial charge is 0.324 e. The summed E-state index contributed by atoms with van der Waals surface area (Å²) >= 11 is 12.3. The Morgan fingerprint density at radius 2 is 2.04 bits per heavy atom. The van der Waals surface area contributed by atoms with Gasteiger partial charge in [0.2, 0.25) is 5.95 Å². The van der Waals surface area contributed by atoms with Crippen LogP contribution in [0.25, 0.3) is 5.70 Å². The molecule has 130 valence electrons.